The first-order valence-corrected chi connectivity index (χ1v) is 13.6. The molecule has 0 radical (unpaired) electrons. The van der Waals surface area contributed by atoms with Crippen LogP contribution in [0.5, 0.6) is 5.75 Å². The zero-order valence-electron chi connectivity index (χ0n) is 23.8. The van der Waals surface area contributed by atoms with E-state index in [4.69, 9.17) is 4.42 Å². The van der Waals surface area contributed by atoms with Crippen molar-refractivity contribution in [2.45, 2.75) is 52.3 Å². The Morgan fingerprint density at radius 3 is 2.38 bits per heavy atom. The summed E-state index contributed by atoms with van der Waals surface area (Å²) >= 11 is 0.887. The van der Waals surface area contributed by atoms with Crippen molar-refractivity contribution in [2.75, 3.05) is 45.4 Å². The van der Waals surface area contributed by atoms with Crippen molar-refractivity contribution in [3.8, 4) is 5.75 Å². The van der Waals surface area contributed by atoms with Crippen LogP contribution in [0.1, 0.15) is 66.9 Å². The third-order valence-corrected chi connectivity index (χ3v) is 6.80. The predicted octanol–water partition coefficient (Wildman–Crippen LogP) is 6.38. The number of anilines is 3. The van der Waals surface area contributed by atoms with E-state index >= 15 is 0 Å². The van der Waals surface area contributed by atoms with Crippen molar-refractivity contribution >= 4 is 35.0 Å². The molecule has 13 heteroatoms. The van der Waals surface area contributed by atoms with Crippen molar-refractivity contribution in [1.82, 2.24) is 18.5 Å². The Bertz CT molecular complexity index is 1300. The Balaban J connectivity index is 1.87. The molecule has 0 saturated heterocycles. The summed E-state index contributed by atoms with van der Waals surface area (Å²) in [6.45, 7) is 7.13. The molecule has 2 aromatic heterocycles. The highest BCUT2D eigenvalue weighted by Gasteiger charge is 2.38. The molecule has 0 aliphatic heterocycles. The number of unbranched alkanes of at least 4 members (excludes halogenated alkanes) is 1. The highest BCUT2D eigenvalue weighted by atomic mass is 32.1. The SMILES string of the molecule is CN(C)CCCCc1coc([C@H](Nc2nsnc2Nc2ccc(C(F)(F)F)c(C(=O)N(C)C)c2O)C(C)(C)C)c1. The third kappa shape index (κ3) is 7.66. The van der Waals surface area contributed by atoms with Crippen molar-refractivity contribution in [2.24, 2.45) is 5.41 Å². The highest BCUT2D eigenvalue weighted by Crippen LogP contribution is 2.42. The number of rotatable bonds is 11. The van der Waals surface area contributed by atoms with Crippen LogP contribution in [0.3, 0.4) is 0 Å². The van der Waals surface area contributed by atoms with E-state index in [0.29, 0.717) is 11.6 Å². The number of alkyl halides is 3. The molecule has 0 saturated carbocycles. The number of carbonyl (C=O) groups excluding carboxylic acids is 1. The minimum atomic E-state index is -4.83. The fourth-order valence-corrected chi connectivity index (χ4v) is 4.62. The van der Waals surface area contributed by atoms with E-state index in [1.165, 1.54) is 14.1 Å². The molecule has 0 unspecified atom stereocenters. The van der Waals surface area contributed by atoms with Crippen molar-refractivity contribution in [3.63, 3.8) is 0 Å². The Kier molecular flexibility index (Phi) is 9.72. The standard InChI is InChI=1S/C27H37F3N6O3S/c1-26(2,3)22(19-14-16(15-39-19)10-8-9-13-35(4)5)32-24-23(33-40-34-24)31-18-12-11-17(27(28,29)30)20(21(18)37)25(38)36(6)7/h11-12,14-15,22,37H,8-10,13H2,1-7H3,(H,31,33)(H,32,34)/t22-/m0/s1. The van der Waals surface area contributed by atoms with Crippen LogP contribution in [-0.2, 0) is 12.6 Å². The van der Waals surface area contributed by atoms with Crippen LogP contribution in [0.4, 0.5) is 30.5 Å². The van der Waals surface area contributed by atoms with Gasteiger partial charge in [0.15, 0.2) is 17.4 Å². The van der Waals surface area contributed by atoms with Gasteiger partial charge in [0, 0.05) is 14.1 Å². The molecule has 0 bridgehead atoms. The molecule has 9 nitrogen and oxygen atoms in total. The maximum atomic E-state index is 13.6. The van der Waals surface area contributed by atoms with Crippen LogP contribution in [-0.4, -0.2) is 64.3 Å². The van der Waals surface area contributed by atoms with Crippen molar-refractivity contribution in [1.29, 1.82) is 0 Å². The summed E-state index contributed by atoms with van der Waals surface area (Å²) in [5.74, 6) is -0.580. The fraction of sp³-hybridized carbons (Fsp3) is 0.519. The van der Waals surface area contributed by atoms with Gasteiger partial charge < -0.3 is 30.0 Å². The number of aromatic hydroxyl groups is 1. The van der Waals surface area contributed by atoms with Crippen molar-refractivity contribution < 1.29 is 27.5 Å². The van der Waals surface area contributed by atoms with Crippen LogP contribution in [0.15, 0.2) is 28.9 Å². The summed E-state index contributed by atoms with van der Waals surface area (Å²) in [6, 6.07) is 3.52. The molecular formula is C27H37F3N6O3S. The van der Waals surface area contributed by atoms with Gasteiger partial charge in [-0.25, -0.2) is 0 Å². The van der Waals surface area contributed by atoms with E-state index in [2.05, 4.69) is 24.3 Å². The molecule has 3 rings (SSSR count). The van der Waals surface area contributed by atoms with Crippen molar-refractivity contribution in [3.05, 3.63) is 46.9 Å². The number of nitrogens with one attached hydrogen (secondary N) is 2. The lowest BCUT2D eigenvalue weighted by molar-refractivity contribution is -0.138. The van der Waals surface area contributed by atoms with Gasteiger partial charge in [0.05, 0.1) is 40.8 Å². The number of phenolic OH excluding ortho intramolecular Hbond substituents is 1. The average molecular weight is 583 g/mol. The van der Waals surface area contributed by atoms with Gasteiger partial charge in [0.2, 0.25) is 0 Å². The number of amides is 1. The van der Waals surface area contributed by atoms with Gasteiger partial charge in [-0.15, -0.1) is 0 Å². The number of hydrogen-bond donors (Lipinski definition) is 3. The molecule has 220 valence electrons. The van der Waals surface area contributed by atoms with Crippen LogP contribution in [0.25, 0.3) is 0 Å². The molecule has 2 heterocycles. The number of halogens is 3. The molecule has 1 amide bonds. The minimum Gasteiger partial charge on any atom is -0.505 e. The highest BCUT2D eigenvalue weighted by molar-refractivity contribution is 6.99. The summed E-state index contributed by atoms with van der Waals surface area (Å²) in [5.41, 5.74) is -1.41. The predicted molar refractivity (Wildman–Crippen MR) is 150 cm³/mol. The van der Waals surface area contributed by atoms with Crippen LogP contribution >= 0.6 is 11.7 Å². The second-order valence-corrected chi connectivity index (χ2v) is 11.8. The van der Waals surface area contributed by atoms with Gasteiger partial charge in [-0.2, -0.15) is 21.9 Å². The van der Waals surface area contributed by atoms with Gasteiger partial charge in [0.1, 0.15) is 5.76 Å². The molecule has 3 N–H and O–H groups in total. The second-order valence-electron chi connectivity index (χ2n) is 11.2. The molecule has 0 aliphatic rings. The number of furan rings is 1. The number of phenols is 1. The molecule has 1 atom stereocenters. The number of nitrogens with zero attached hydrogens (tertiary/aromatic N) is 4. The molecule has 40 heavy (non-hydrogen) atoms. The largest absolute Gasteiger partial charge is 0.505 e. The molecule has 3 aromatic rings. The molecule has 1 aromatic carbocycles. The summed E-state index contributed by atoms with van der Waals surface area (Å²) in [5, 5.41) is 16.9. The Labute approximate surface area is 236 Å². The van der Waals surface area contributed by atoms with E-state index in [9.17, 15) is 23.1 Å². The quantitative estimate of drug-likeness (QED) is 0.177. The number of hydrogen-bond acceptors (Lipinski definition) is 9. The maximum Gasteiger partial charge on any atom is 0.417 e. The van der Waals surface area contributed by atoms with Crippen LogP contribution < -0.4 is 10.6 Å². The van der Waals surface area contributed by atoms with Gasteiger partial charge in [0.25, 0.3) is 5.91 Å². The lowest BCUT2D eigenvalue weighted by atomic mass is 9.85. The Hall–Kier alpha value is -3.32. The second kappa shape index (κ2) is 12.5. The van der Waals surface area contributed by atoms with Crippen LogP contribution in [0, 0.1) is 5.41 Å². The maximum absolute atomic E-state index is 13.6. The van der Waals surface area contributed by atoms with E-state index in [1.54, 1.807) is 6.26 Å². The van der Waals surface area contributed by atoms with Gasteiger partial charge in [-0.3, -0.25) is 4.79 Å². The average Bonchev–Trinajstić information content (AvgIpc) is 3.48. The zero-order chi connectivity index (χ0) is 29.8. The van der Waals surface area contributed by atoms with E-state index in [1.807, 2.05) is 40.9 Å². The Morgan fingerprint density at radius 2 is 1.77 bits per heavy atom. The van der Waals surface area contributed by atoms with E-state index in [0.717, 1.165) is 60.1 Å². The molecular weight excluding hydrogens is 545 g/mol. The van der Waals surface area contributed by atoms with E-state index in [-0.39, 0.29) is 23.0 Å². The topological polar surface area (TPSA) is 107 Å². The molecule has 0 aliphatic carbocycles. The van der Waals surface area contributed by atoms with Gasteiger partial charge >= 0.3 is 6.18 Å². The number of aryl methyl sites for hydroxylation is 1. The van der Waals surface area contributed by atoms with Gasteiger partial charge in [-0.1, -0.05) is 20.8 Å². The number of benzene rings is 1. The van der Waals surface area contributed by atoms with Gasteiger partial charge in [-0.05, 0) is 69.1 Å². The Morgan fingerprint density at radius 1 is 1.10 bits per heavy atom. The summed E-state index contributed by atoms with van der Waals surface area (Å²) in [7, 11) is 6.72. The monoisotopic (exact) mass is 582 g/mol. The number of carbonyl (C=O) groups is 1. The number of aromatic nitrogens is 2. The van der Waals surface area contributed by atoms with Crippen LogP contribution in [0.2, 0.25) is 0 Å². The smallest absolute Gasteiger partial charge is 0.417 e. The van der Waals surface area contributed by atoms with E-state index < -0.39 is 29.0 Å². The normalized spacial score (nSPS) is 13.0. The molecule has 0 spiro atoms. The summed E-state index contributed by atoms with van der Waals surface area (Å²) in [4.78, 5) is 15.7. The first kappa shape index (κ1) is 31.2. The fourth-order valence-electron chi connectivity index (χ4n) is 4.15. The zero-order valence-corrected chi connectivity index (χ0v) is 24.6. The minimum absolute atomic E-state index is 0.112. The summed E-state index contributed by atoms with van der Waals surface area (Å²) < 4.78 is 55.3. The third-order valence-electron chi connectivity index (χ3n) is 6.27. The molecule has 0 fully saturated rings. The first-order chi connectivity index (χ1) is 18.6. The summed E-state index contributed by atoms with van der Waals surface area (Å²) in [6.07, 6.45) is -0.0790. The lowest BCUT2D eigenvalue weighted by Crippen LogP contribution is -2.26. The first-order valence-electron chi connectivity index (χ1n) is 12.8. The lowest BCUT2D eigenvalue weighted by Gasteiger charge is -2.30.